The van der Waals surface area contributed by atoms with E-state index in [9.17, 15) is 0 Å². The molecule has 4 rings (SSSR count). The number of aromatic nitrogens is 3. The third-order valence-electron chi connectivity index (χ3n) is 5.71. The normalized spacial score (nSPS) is 23.3. The van der Waals surface area contributed by atoms with Crippen LogP contribution in [0.15, 0.2) is 30.3 Å². The van der Waals surface area contributed by atoms with Crippen LogP contribution in [0.25, 0.3) is 11.4 Å². The van der Waals surface area contributed by atoms with Gasteiger partial charge in [-0.05, 0) is 58.3 Å². The molecule has 1 aromatic heterocycles. The predicted molar refractivity (Wildman–Crippen MR) is 100 cm³/mol. The second-order valence-corrected chi connectivity index (χ2v) is 7.38. The summed E-state index contributed by atoms with van der Waals surface area (Å²) in [5, 5.41) is 7.71. The first kappa shape index (κ1) is 16.7. The Balaban J connectivity index is 1.45. The van der Waals surface area contributed by atoms with Crippen LogP contribution in [0.2, 0.25) is 0 Å². The Bertz CT molecular complexity index is 660. The van der Waals surface area contributed by atoms with Crippen molar-refractivity contribution < 1.29 is 0 Å². The van der Waals surface area contributed by atoms with Gasteiger partial charge in [0.25, 0.3) is 0 Å². The van der Waals surface area contributed by atoms with Gasteiger partial charge in [-0.2, -0.15) is 5.10 Å². The van der Waals surface area contributed by atoms with Crippen LogP contribution in [0.1, 0.15) is 50.9 Å². The molecule has 0 aliphatic carbocycles. The Morgan fingerprint density at radius 3 is 2.64 bits per heavy atom. The first-order chi connectivity index (χ1) is 12.3. The van der Waals surface area contributed by atoms with Crippen LogP contribution >= 0.6 is 0 Å². The van der Waals surface area contributed by atoms with Crippen molar-refractivity contribution in [2.75, 3.05) is 26.2 Å². The lowest BCUT2D eigenvalue weighted by Crippen LogP contribution is -2.44. The fourth-order valence-corrected chi connectivity index (χ4v) is 4.45. The van der Waals surface area contributed by atoms with Gasteiger partial charge >= 0.3 is 0 Å². The molecule has 0 bridgehead atoms. The van der Waals surface area contributed by atoms with Gasteiger partial charge in [-0.25, -0.2) is 4.98 Å². The Kier molecular flexibility index (Phi) is 5.13. The summed E-state index contributed by atoms with van der Waals surface area (Å²) in [6, 6.07) is 11.4. The summed E-state index contributed by atoms with van der Waals surface area (Å²) >= 11 is 0. The van der Waals surface area contributed by atoms with Crippen molar-refractivity contribution in [1.82, 2.24) is 25.0 Å². The number of piperidine rings is 1. The number of aromatic amines is 1. The first-order valence-electron chi connectivity index (χ1n) is 9.81. The third-order valence-corrected chi connectivity index (χ3v) is 5.71. The van der Waals surface area contributed by atoms with Gasteiger partial charge in [0.05, 0.1) is 6.04 Å². The van der Waals surface area contributed by atoms with Crippen molar-refractivity contribution >= 4 is 0 Å². The minimum atomic E-state index is 0.410. The molecule has 0 saturated carbocycles. The molecule has 2 saturated heterocycles. The zero-order chi connectivity index (χ0) is 17.1. The van der Waals surface area contributed by atoms with Gasteiger partial charge in [-0.15, -0.1) is 0 Å². The van der Waals surface area contributed by atoms with E-state index in [0.717, 1.165) is 17.2 Å². The number of hydrogen-bond acceptors (Lipinski definition) is 4. The second kappa shape index (κ2) is 7.67. The van der Waals surface area contributed by atoms with Crippen LogP contribution in [0.4, 0.5) is 0 Å². The van der Waals surface area contributed by atoms with Crippen LogP contribution < -0.4 is 0 Å². The lowest BCUT2D eigenvalue weighted by Gasteiger charge is -2.38. The highest BCUT2D eigenvalue weighted by molar-refractivity contribution is 5.53. The van der Waals surface area contributed by atoms with Crippen molar-refractivity contribution in [3.8, 4) is 11.4 Å². The number of nitrogens with zero attached hydrogens (tertiary/aromatic N) is 4. The summed E-state index contributed by atoms with van der Waals surface area (Å²) < 4.78 is 0. The molecule has 2 fully saturated rings. The number of rotatable bonds is 5. The van der Waals surface area contributed by atoms with E-state index in [1.165, 1.54) is 58.3 Å². The summed E-state index contributed by atoms with van der Waals surface area (Å²) in [4.78, 5) is 10.1. The maximum absolute atomic E-state index is 4.83. The van der Waals surface area contributed by atoms with Crippen LogP contribution in [-0.2, 0) is 0 Å². The predicted octanol–water partition coefficient (Wildman–Crippen LogP) is 3.48. The number of benzene rings is 1. The second-order valence-electron chi connectivity index (χ2n) is 7.38. The van der Waals surface area contributed by atoms with Crippen molar-refractivity contribution in [3.05, 3.63) is 36.2 Å². The molecule has 0 spiro atoms. The molecule has 2 aliphatic rings. The van der Waals surface area contributed by atoms with Gasteiger partial charge in [-0.3, -0.25) is 10.00 Å². The van der Waals surface area contributed by atoms with Gasteiger partial charge in [0.15, 0.2) is 5.82 Å². The molecule has 3 heterocycles. The molecule has 1 atom stereocenters. The number of likely N-dealkylation sites (tertiary alicyclic amines) is 2. The summed E-state index contributed by atoms with van der Waals surface area (Å²) in [6.45, 7) is 7.21. The van der Waals surface area contributed by atoms with E-state index in [1.54, 1.807) is 0 Å². The zero-order valence-electron chi connectivity index (χ0n) is 15.2. The Morgan fingerprint density at radius 1 is 1.08 bits per heavy atom. The largest absolute Gasteiger partial charge is 0.303 e. The Labute approximate surface area is 150 Å². The number of H-pyrrole nitrogens is 1. The fourth-order valence-electron chi connectivity index (χ4n) is 4.45. The van der Waals surface area contributed by atoms with E-state index in [4.69, 9.17) is 4.98 Å². The van der Waals surface area contributed by atoms with E-state index in [0.29, 0.717) is 12.1 Å². The molecule has 1 N–H and O–H groups in total. The molecule has 0 amide bonds. The molecule has 2 aliphatic heterocycles. The molecular weight excluding hydrogens is 310 g/mol. The van der Waals surface area contributed by atoms with Crippen molar-refractivity contribution in [2.45, 2.75) is 51.1 Å². The van der Waals surface area contributed by atoms with E-state index < -0.39 is 0 Å². The molecule has 25 heavy (non-hydrogen) atoms. The standard InChI is InChI=1S/C20H29N5/c1-2-12-24-14-10-17(11-15-24)25-13-6-9-18(25)20-21-19(22-23-20)16-7-4-3-5-8-16/h3-5,7-8,17-18H,2,6,9-15H2,1H3,(H,21,22,23). The highest BCUT2D eigenvalue weighted by atomic mass is 15.3. The Hall–Kier alpha value is -1.72. The Morgan fingerprint density at radius 2 is 1.88 bits per heavy atom. The minimum absolute atomic E-state index is 0.410. The quantitative estimate of drug-likeness (QED) is 0.906. The fraction of sp³-hybridized carbons (Fsp3) is 0.600. The molecule has 2 aromatic rings. The molecule has 5 nitrogen and oxygen atoms in total. The minimum Gasteiger partial charge on any atom is -0.303 e. The molecule has 134 valence electrons. The maximum Gasteiger partial charge on any atom is 0.181 e. The van der Waals surface area contributed by atoms with Crippen molar-refractivity contribution in [1.29, 1.82) is 0 Å². The van der Waals surface area contributed by atoms with Gasteiger partial charge in [-0.1, -0.05) is 37.3 Å². The van der Waals surface area contributed by atoms with Gasteiger partial charge in [0, 0.05) is 11.6 Å². The number of hydrogen-bond donors (Lipinski definition) is 1. The van der Waals surface area contributed by atoms with Crippen LogP contribution in [0.5, 0.6) is 0 Å². The van der Waals surface area contributed by atoms with Crippen LogP contribution in [-0.4, -0.2) is 57.2 Å². The van der Waals surface area contributed by atoms with E-state index in [-0.39, 0.29) is 0 Å². The van der Waals surface area contributed by atoms with Gasteiger partial charge in [0.1, 0.15) is 5.82 Å². The molecular formula is C20H29N5. The topological polar surface area (TPSA) is 48.1 Å². The monoisotopic (exact) mass is 339 g/mol. The smallest absolute Gasteiger partial charge is 0.181 e. The first-order valence-corrected chi connectivity index (χ1v) is 9.81. The molecule has 0 radical (unpaired) electrons. The SMILES string of the molecule is CCCN1CCC(N2CCCC2c2nc(-c3ccccc3)n[nH]2)CC1. The summed E-state index contributed by atoms with van der Waals surface area (Å²) in [7, 11) is 0. The summed E-state index contributed by atoms with van der Waals surface area (Å²) in [5.41, 5.74) is 1.09. The number of nitrogens with one attached hydrogen (secondary N) is 1. The van der Waals surface area contributed by atoms with Crippen molar-refractivity contribution in [2.24, 2.45) is 0 Å². The van der Waals surface area contributed by atoms with Crippen LogP contribution in [0, 0.1) is 0 Å². The maximum atomic E-state index is 4.83. The third kappa shape index (κ3) is 3.62. The molecule has 1 unspecified atom stereocenters. The summed E-state index contributed by atoms with van der Waals surface area (Å²) in [6.07, 6.45) is 6.30. The molecule has 1 aromatic carbocycles. The van der Waals surface area contributed by atoms with Crippen LogP contribution in [0.3, 0.4) is 0 Å². The van der Waals surface area contributed by atoms with Gasteiger partial charge < -0.3 is 4.90 Å². The molecule has 5 heteroatoms. The average molecular weight is 339 g/mol. The van der Waals surface area contributed by atoms with Crippen molar-refractivity contribution in [3.63, 3.8) is 0 Å². The lowest BCUT2D eigenvalue weighted by atomic mass is 10.0. The highest BCUT2D eigenvalue weighted by Gasteiger charge is 2.35. The lowest BCUT2D eigenvalue weighted by molar-refractivity contribution is 0.0960. The van der Waals surface area contributed by atoms with Gasteiger partial charge in [0.2, 0.25) is 0 Å². The zero-order valence-corrected chi connectivity index (χ0v) is 15.2. The van der Waals surface area contributed by atoms with E-state index >= 15 is 0 Å². The van der Waals surface area contributed by atoms with E-state index in [1.807, 2.05) is 18.2 Å². The highest BCUT2D eigenvalue weighted by Crippen LogP contribution is 2.35. The van der Waals surface area contributed by atoms with E-state index in [2.05, 4.69) is 39.1 Å². The summed E-state index contributed by atoms with van der Waals surface area (Å²) in [5.74, 6) is 1.87. The average Bonchev–Trinajstić information content (AvgIpc) is 3.33.